The predicted molar refractivity (Wildman–Crippen MR) is 122 cm³/mol. The van der Waals surface area contributed by atoms with Crippen molar-refractivity contribution < 1.29 is 24.0 Å². The summed E-state index contributed by atoms with van der Waals surface area (Å²) in [6, 6.07) is 14.7. The Morgan fingerprint density at radius 1 is 1.19 bits per heavy atom. The molecule has 7 nitrogen and oxygen atoms in total. The summed E-state index contributed by atoms with van der Waals surface area (Å²) < 4.78 is 11.7. The Balaban J connectivity index is 1.90. The van der Waals surface area contributed by atoms with Crippen LogP contribution in [-0.2, 0) is 9.59 Å². The highest BCUT2D eigenvalue weighted by molar-refractivity contribution is 9.10. The Labute approximate surface area is 193 Å². The number of amides is 1. The number of halogens is 1. The Hall–Kier alpha value is -3.39. The summed E-state index contributed by atoms with van der Waals surface area (Å²) in [5.41, 5.74) is 1.01. The van der Waals surface area contributed by atoms with Crippen LogP contribution >= 0.6 is 15.9 Å². The molecular formula is C24H21BrN2O5. The van der Waals surface area contributed by atoms with E-state index in [2.05, 4.69) is 21.1 Å². The molecule has 2 heterocycles. The molecule has 1 fully saturated rings. The van der Waals surface area contributed by atoms with Gasteiger partial charge in [-0.3, -0.25) is 14.5 Å². The van der Waals surface area contributed by atoms with Gasteiger partial charge in [0, 0.05) is 16.1 Å². The first kappa shape index (κ1) is 21.8. The number of aromatic nitrogens is 1. The van der Waals surface area contributed by atoms with E-state index in [-0.39, 0.29) is 17.2 Å². The van der Waals surface area contributed by atoms with Gasteiger partial charge < -0.3 is 14.4 Å². The van der Waals surface area contributed by atoms with Crippen molar-refractivity contribution in [3.05, 3.63) is 81.5 Å². The van der Waals surface area contributed by atoms with Crippen LogP contribution in [0.4, 0.5) is 5.82 Å². The lowest BCUT2D eigenvalue weighted by Gasteiger charge is -2.23. The van der Waals surface area contributed by atoms with E-state index in [1.807, 2.05) is 6.92 Å². The van der Waals surface area contributed by atoms with Crippen LogP contribution in [0.15, 0.2) is 69.2 Å². The number of hydrogen-bond acceptors (Lipinski definition) is 6. The van der Waals surface area contributed by atoms with Crippen molar-refractivity contribution in [2.75, 3.05) is 11.5 Å². The van der Waals surface area contributed by atoms with E-state index in [1.54, 1.807) is 61.5 Å². The smallest absolute Gasteiger partial charge is 0.301 e. The molecule has 0 radical (unpaired) electrons. The second-order valence-corrected chi connectivity index (χ2v) is 8.31. The number of benzene rings is 2. The summed E-state index contributed by atoms with van der Waals surface area (Å²) in [5.74, 6) is -0.547. The van der Waals surface area contributed by atoms with Gasteiger partial charge in [0.25, 0.3) is 5.78 Å². The highest BCUT2D eigenvalue weighted by Crippen LogP contribution is 2.42. The Bertz CT molecular complexity index is 1200. The van der Waals surface area contributed by atoms with E-state index >= 15 is 0 Å². The number of hydrogen-bond donors (Lipinski definition) is 1. The van der Waals surface area contributed by atoms with Crippen LogP contribution in [0.1, 0.15) is 36.3 Å². The van der Waals surface area contributed by atoms with Crippen LogP contribution in [0.5, 0.6) is 5.75 Å². The SMILES string of the molecule is CCCOc1cccc([C@H]2C(=C(O)c3ccc(Br)cc3)C(=O)C(=O)N2c2cc(C)on2)c1. The number of carbonyl (C=O) groups is 2. The van der Waals surface area contributed by atoms with Crippen LogP contribution < -0.4 is 9.64 Å². The average molecular weight is 497 g/mol. The van der Waals surface area contributed by atoms with Crippen LogP contribution in [0, 0.1) is 6.92 Å². The predicted octanol–water partition coefficient (Wildman–Crippen LogP) is 5.16. The normalized spacial score (nSPS) is 17.7. The topological polar surface area (TPSA) is 92.9 Å². The molecule has 0 saturated carbocycles. The Morgan fingerprint density at radius 2 is 1.94 bits per heavy atom. The van der Waals surface area contributed by atoms with E-state index in [4.69, 9.17) is 9.26 Å². The summed E-state index contributed by atoms with van der Waals surface area (Å²) in [4.78, 5) is 27.4. The van der Waals surface area contributed by atoms with Crippen molar-refractivity contribution >= 4 is 39.2 Å². The number of carbonyl (C=O) groups excluding carboxylic acids is 2. The molecule has 0 bridgehead atoms. The number of ether oxygens (including phenoxy) is 1. The van der Waals surface area contributed by atoms with Crippen molar-refractivity contribution in [1.29, 1.82) is 0 Å². The number of aliphatic hydroxyl groups excluding tert-OH is 1. The van der Waals surface area contributed by atoms with Gasteiger partial charge in [0.2, 0.25) is 0 Å². The number of ketones is 1. The lowest BCUT2D eigenvalue weighted by molar-refractivity contribution is -0.132. The minimum Gasteiger partial charge on any atom is -0.507 e. The second-order valence-electron chi connectivity index (χ2n) is 7.39. The molecule has 32 heavy (non-hydrogen) atoms. The standard InChI is InChI=1S/C24H21BrN2O5/c1-3-11-31-18-6-4-5-16(13-18)21-20(22(28)15-7-9-17(25)10-8-15)23(29)24(30)27(21)19-12-14(2)32-26-19/h4-10,12-13,21,28H,3,11H2,1-2H3/t21-/m0/s1. The van der Waals surface area contributed by atoms with Gasteiger partial charge in [-0.2, -0.15) is 0 Å². The van der Waals surface area contributed by atoms with Gasteiger partial charge in [-0.05, 0) is 43.2 Å². The molecule has 8 heteroatoms. The summed E-state index contributed by atoms with van der Waals surface area (Å²) in [6.07, 6.45) is 0.838. The van der Waals surface area contributed by atoms with Gasteiger partial charge >= 0.3 is 5.91 Å². The third kappa shape index (κ3) is 4.05. The molecule has 1 N–H and O–H groups in total. The van der Waals surface area contributed by atoms with Crippen molar-refractivity contribution in [3.8, 4) is 5.75 Å². The fraction of sp³-hybridized carbons (Fsp3) is 0.208. The van der Waals surface area contributed by atoms with Gasteiger partial charge in [0.05, 0.1) is 18.2 Å². The fourth-order valence-corrected chi connectivity index (χ4v) is 3.87. The van der Waals surface area contributed by atoms with Gasteiger partial charge in [0.15, 0.2) is 5.82 Å². The van der Waals surface area contributed by atoms with E-state index in [9.17, 15) is 14.7 Å². The number of aryl methyl sites for hydroxylation is 1. The van der Waals surface area contributed by atoms with Gasteiger partial charge in [-0.25, -0.2) is 0 Å². The summed E-state index contributed by atoms with van der Waals surface area (Å²) in [5, 5.41) is 15.0. The molecule has 1 aliphatic rings. The summed E-state index contributed by atoms with van der Waals surface area (Å²) >= 11 is 3.36. The number of nitrogens with zero attached hydrogens (tertiary/aromatic N) is 2. The molecular weight excluding hydrogens is 476 g/mol. The molecule has 1 amide bonds. The van der Waals surface area contributed by atoms with Crippen molar-refractivity contribution in [2.24, 2.45) is 0 Å². The molecule has 3 aromatic rings. The van der Waals surface area contributed by atoms with E-state index < -0.39 is 17.7 Å². The highest BCUT2D eigenvalue weighted by Gasteiger charge is 2.48. The molecule has 1 aromatic heterocycles. The van der Waals surface area contributed by atoms with E-state index in [1.165, 1.54) is 4.90 Å². The van der Waals surface area contributed by atoms with Crippen LogP contribution in [0.25, 0.3) is 5.76 Å². The van der Waals surface area contributed by atoms with Crippen LogP contribution in [0.3, 0.4) is 0 Å². The Kier molecular flexibility index (Phi) is 6.14. The Morgan fingerprint density at radius 3 is 2.59 bits per heavy atom. The monoisotopic (exact) mass is 496 g/mol. The molecule has 1 atom stereocenters. The molecule has 0 aliphatic carbocycles. The highest BCUT2D eigenvalue weighted by atomic mass is 79.9. The van der Waals surface area contributed by atoms with Gasteiger partial charge in [-0.1, -0.05) is 52.3 Å². The molecule has 1 saturated heterocycles. The lowest BCUT2D eigenvalue weighted by atomic mass is 9.95. The first-order chi connectivity index (χ1) is 15.4. The number of Topliss-reactive ketones (excluding diaryl/α,β-unsaturated/α-hetero) is 1. The van der Waals surface area contributed by atoms with E-state index in [0.717, 1.165) is 10.9 Å². The summed E-state index contributed by atoms with van der Waals surface area (Å²) in [6.45, 7) is 4.23. The van der Waals surface area contributed by atoms with E-state index in [0.29, 0.717) is 29.2 Å². The zero-order valence-corrected chi connectivity index (χ0v) is 19.1. The number of anilines is 1. The number of aliphatic hydroxyl groups is 1. The third-order valence-electron chi connectivity index (χ3n) is 5.07. The van der Waals surface area contributed by atoms with Crippen LogP contribution in [-0.4, -0.2) is 28.6 Å². The average Bonchev–Trinajstić information content (AvgIpc) is 3.33. The number of rotatable bonds is 6. The second kappa shape index (κ2) is 9.00. The molecule has 4 rings (SSSR count). The zero-order chi connectivity index (χ0) is 22.8. The quantitative estimate of drug-likeness (QED) is 0.287. The summed E-state index contributed by atoms with van der Waals surface area (Å²) in [7, 11) is 0. The molecule has 2 aromatic carbocycles. The maximum Gasteiger partial charge on any atom is 0.301 e. The van der Waals surface area contributed by atoms with Gasteiger partial charge in [0.1, 0.15) is 17.3 Å². The van der Waals surface area contributed by atoms with Gasteiger partial charge in [-0.15, -0.1) is 0 Å². The molecule has 0 spiro atoms. The zero-order valence-electron chi connectivity index (χ0n) is 17.5. The minimum absolute atomic E-state index is 0.0226. The fourth-order valence-electron chi connectivity index (χ4n) is 3.61. The first-order valence-electron chi connectivity index (χ1n) is 10.1. The minimum atomic E-state index is -0.895. The lowest BCUT2D eigenvalue weighted by Crippen LogP contribution is -2.29. The maximum absolute atomic E-state index is 13.1. The van der Waals surface area contributed by atoms with Crippen molar-refractivity contribution in [1.82, 2.24) is 5.16 Å². The maximum atomic E-state index is 13.1. The van der Waals surface area contributed by atoms with Crippen molar-refractivity contribution in [2.45, 2.75) is 26.3 Å². The third-order valence-corrected chi connectivity index (χ3v) is 5.60. The largest absolute Gasteiger partial charge is 0.507 e. The molecule has 0 unspecified atom stereocenters. The first-order valence-corrected chi connectivity index (χ1v) is 10.9. The molecule has 1 aliphatic heterocycles. The van der Waals surface area contributed by atoms with Crippen molar-refractivity contribution in [3.63, 3.8) is 0 Å². The van der Waals surface area contributed by atoms with Crippen LogP contribution in [0.2, 0.25) is 0 Å². The molecule has 164 valence electrons.